The minimum absolute atomic E-state index is 0.166. The van der Waals surface area contributed by atoms with Gasteiger partial charge in [-0.05, 0) is 89.3 Å². The largest absolute Gasteiger partial charge is 0.491 e. The molecule has 6 heteroatoms. The van der Waals surface area contributed by atoms with Crippen molar-refractivity contribution < 1.29 is 18.3 Å². The number of hydrogen-bond acceptors (Lipinski definition) is 4. The highest BCUT2D eigenvalue weighted by atomic mass is 28.4. The predicted octanol–water partition coefficient (Wildman–Crippen LogP) is 8.22. The summed E-state index contributed by atoms with van der Waals surface area (Å²) in [4.78, 5) is 0. The molecule has 0 fully saturated rings. The Morgan fingerprint density at radius 3 is 1.16 bits per heavy atom. The van der Waals surface area contributed by atoms with Gasteiger partial charge in [-0.15, -0.1) is 13.2 Å². The first-order valence-electron chi connectivity index (χ1n) is 13.0. The van der Waals surface area contributed by atoms with E-state index in [1.807, 2.05) is 35.7 Å². The van der Waals surface area contributed by atoms with Gasteiger partial charge in [0.2, 0.25) is 16.6 Å². The smallest absolute Gasteiger partial charge is 0.211 e. The van der Waals surface area contributed by atoms with Crippen LogP contribution in [0.4, 0.5) is 0 Å². The Hall–Kier alpha value is -2.13. The van der Waals surface area contributed by atoms with Gasteiger partial charge in [0.15, 0.2) is 0 Å². The lowest BCUT2D eigenvalue weighted by Crippen LogP contribution is -2.43. The minimum atomic E-state index is -1.89. The first kappa shape index (κ1) is 31.1. The van der Waals surface area contributed by atoms with Crippen LogP contribution in [0.25, 0.3) is 0 Å². The zero-order chi connectivity index (χ0) is 28.1. The molecule has 0 saturated carbocycles. The van der Waals surface area contributed by atoms with E-state index in [-0.39, 0.29) is 16.6 Å². The molecular weight excluding hydrogens is 493 g/mol. The van der Waals surface area contributed by atoms with E-state index in [0.29, 0.717) is 13.2 Å². The summed E-state index contributed by atoms with van der Waals surface area (Å²) in [7, 11) is -3.77. The minimum Gasteiger partial charge on any atom is -0.491 e. The van der Waals surface area contributed by atoms with Crippen molar-refractivity contribution in [1.82, 2.24) is 0 Å². The van der Waals surface area contributed by atoms with Crippen LogP contribution >= 0.6 is 0 Å². The molecule has 0 bridgehead atoms. The van der Waals surface area contributed by atoms with Crippen molar-refractivity contribution in [3.8, 4) is 11.5 Å². The second-order valence-corrected chi connectivity index (χ2v) is 20.2. The molecule has 0 aliphatic rings. The SMILES string of the molecule is C=C[Si](C)(C)OC(C)(C)COc1ccc(C(C)(C)c2ccc(OCC(C)(C)O[Si](C)(C)C=C)cc2)cc1. The molecule has 0 aromatic heterocycles. The fourth-order valence-electron chi connectivity index (χ4n) is 4.18. The van der Waals surface area contributed by atoms with E-state index in [9.17, 15) is 0 Å². The molecule has 204 valence electrons. The molecule has 0 aliphatic heterocycles. The van der Waals surface area contributed by atoms with Gasteiger partial charge in [0.1, 0.15) is 24.7 Å². The molecule has 0 heterocycles. The maximum atomic E-state index is 6.28. The van der Waals surface area contributed by atoms with Crippen LogP contribution in [0.2, 0.25) is 26.2 Å². The van der Waals surface area contributed by atoms with Gasteiger partial charge in [0, 0.05) is 5.41 Å². The van der Waals surface area contributed by atoms with E-state index in [1.165, 1.54) is 11.1 Å². The van der Waals surface area contributed by atoms with Crippen molar-refractivity contribution in [2.75, 3.05) is 13.2 Å². The maximum absolute atomic E-state index is 6.28. The fourth-order valence-corrected chi connectivity index (χ4v) is 7.32. The molecule has 0 radical (unpaired) electrons. The lowest BCUT2D eigenvalue weighted by Gasteiger charge is -2.33. The maximum Gasteiger partial charge on any atom is 0.211 e. The summed E-state index contributed by atoms with van der Waals surface area (Å²) in [5, 5.41) is 0. The monoisotopic (exact) mass is 540 g/mol. The molecule has 0 unspecified atom stereocenters. The molecule has 37 heavy (non-hydrogen) atoms. The van der Waals surface area contributed by atoms with Gasteiger partial charge in [0.05, 0.1) is 11.2 Å². The molecule has 2 aromatic rings. The van der Waals surface area contributed by atoms with E-state index in [0.717, 1.165) is 11.5 Å². The molecule has 0 amide bonds. The zero-order valence-electron chi connectivity index (χ0n) is 24.7. The second-order valence-electron chi connectivity index (χ2n) is 12.6. The third-order valence-electron chi connectivity index (χ3n) is 6.39. The van der Waals surface area contributed by atoms with Crippen LogP contribution in [-0.4, -0.2) is 41.1 Å². The Balaban J connectivity index is 2.02. The number of benzene rings is 2. The highest BCUT2D eigenvalue weighted by Crippen LogP contribution is 2.34. The Bertz CT molecular complexity index is 952. The lowest BCUT2D eigenvalue weighted by molar-refractivity contribution is 0.0463. The number of ether oxygens (including phenoxy) is 2. The first-order chi connectivity index (χ1) is 16.9. The van der Waals surface area contributed by atoms with Crippen LogP contribution in [0.1, 0.15) is 52.7 Å². The highest BCUT2D eigenvalue weighted by molar-refractivity contribution is 6.76. The highest BCUT2D eigenvalue weighted by Gasteiger charge is 2.31. The van der Waals surface area contributed by atoms with Crippen LogP contribution in [0.15, 0.2) is 73.1 Å². The Labute approximate surface area is 228 Å². The third kappa shape index (κ3) is 9.60. The Morgan fingerprint density at radius 1 is 0.595 bits per heavy atom. The average molecular weight is 541 g/mol. The predicted molar refractivity (Wildman–Crippen MR) is 162 cm³/mol. The number of hydrogen-bond donors (Lipinski definition) is 0. The summed E-state index contributed by atoms with van der Waals surface area (Å²) in [6.45, 7) is 30.1. The Morgan fingerprint density at radius 2 is 0.892 bits per heavy atom. The van der Waals surface area contributed by atoms with E-state index < -0.39 is 16.6 Å². The normalized spacial score (nSPS) is 13.2. The van der Waals surface area contributed by atoms with Crippen LogP contribution in [0.3, 0.4) is 0 Å². The van der Waals surface area contributed by atoms with Crippen LogP contribution in [0, 0.1) is 0 Å². The van der Waals surface area contributed by atoms with Gasteiger partial charge in [-0.2, -0.15) is 0 Å². The van der Waals surface area contributed by atoms with Crippen molar-refractivity contribution in [2.45, 2.75) is 84.3 Å². The second kappa shape index (κ2) is 11.7. The van der Waals surface area contributed by atoms with Crippen LogP contribution < -0.4 is 9.47 Å². The van der Waals surface area contributed by atoms with E-state index in [1.54, 1.807) is 0 Å². The van der Waals surface area contributed by atoms with E-state index in [2.05, 4.69) is 105 Å². The van der Waals surface area contributed by atoms with E-state index >= 15 is 0 Å². The quantitative estimate of drug-likeness (QED) is 0.226. The summed E-state index contributed by atoms with van der Waals surface area (Å²) < 4.78 is 24.7. The third-order valence-corrected chi connectivity index (χ3v) is 10.5. The molecule has 2 rings (SSSR count). The van der Waals surface area contributed by atoms with Crippen molar-refractivity contribution in [3.63, 3.8) is 0 Å². The summed E-state index contributed by atoms with van der Waals surface area (Å²) >= 11 is 0. The molecule has 0 aliphatic carbocycles. The summed E-state index contributed by atoms with van der Waals surface area (Å²) in [5.41, 5.74) is 5.41. The van der Waals surface area contributed by atoms with Gasteiger partial charge in [-0.3, -0.25) is 0 Å². The summed E-state index contributed by atoms with van der Waals surface area (Å²) in [5.74, 6) is 1.68. The topological polar surface area (TPSA) is 36.9 Å². The fraction of sp³-hybridized carbons (Fsp3) is 0.484. The Kier molecular flexibility index (Phi) is 9.85. The van der Waals surface area contributed by atoms with Gasteiger partial charge < -0.3 is 18.3 Å². The van der Waals surface area contributed by atoms with Gasteiger partial charge in [-0.1, -0.05) is 49.5 Å². The lowest BCUT2D eigenvalue weighted by atomic mass is 9.78. The average Bonchev–Trinajstić information content (AvgIpc) is 2.81. The molecule has 2 aromatic carbocycles. The van der Waals surface area contributed by atoms with Gasteiger partial charge in [-0.25, -0.2) is 0 Å². The van der Waals surface area contributed by atoms with Crippen molar-refractivity contribution in [1.29, 1.82) is 0 Å². The van der Waals surface area contributed by atoms with E-state index in [4.69, 9.17) is 18.3 Å². The molecule has 0 atom stereocenters. The molecule has 4 nitrogen and oxygen atoms in total. The van der Waals surface area contributed by atoms with Crippen LogP contribution in [0.5, 0.6) is 11.5 Å². The van der Waals surface area contributed by atoms with Crippen LogP contribution in [-0.2, 0) is 14.3 Å². The van der Waals surface area contributed by atoms with Crippen molar-refractivity contribution in [2.24, 2.45) is 0 Å². The molecule has 0 spiro atoms. The molecule has 0 N–H and O–H groups in total. The van der Waals surface area contributed by atoms with Crippen molar-refractivity contribution in [3.05, 3.63) is 84.2 Å². The zero-order valence-corrected chi connectivity index (χ0v) is 26.7. The van der Waals surface area contributed by atoms with Crippen molar-refractivity contribution >= 4 is 16.6 Å². The molecule has 0 saturated heterocycles. The summed E-state index contributed by atoms with van der Waals surface area (Å²) in [6.07, 6.45) is 0. The first-order valence-corrected chi connectivity index (χ1v) is 19.0. The van der Waals surface area contributed by atoms with Gasteiger partial charge in [0.25, 0.3) is 0 Å². The standard InChI is InChI=1S/C31H48O4Si2/c1-13-36(9,10)34-29(3,4)23-32-27-19-15-25(16-20-27)31(7,8)26-17-21-28(22-18-26)33-24-30(5,6)35-37(11,12)14-2/h13-22H,1-2,23-24H2,3-12H3. The van der Waals surface area contributed by atoms with Gasteiger partial charge >= 0.3 is 0 Å². The molecular formula is C31H48O4Si2. The number of rotatable bonds is 14. The summed E-state index contributed by atoms with van der Waals surface area (Å²) in [6, 6.07) is 16.7.